The van der Waals surface area contributed by atoms with Crippen molar-refractivity contribution in [3.63, 3.8) is 0 Å². The fourth-order valence-electron chi connectivity index (χ4n) is 2.15. The normalized spacial score (nSPS) is 11.4. The summed E-state index contributed by atoms with van der Waals surface area (Å²) >= 11 is 0. The molecule has 0 aliphatic heterocycles. The van der Waals surface area contributed by atoms with E-state index in [2.05, 4.69) is 31.0 Å². The lowest BCUT2D eigenvalue weighted by Crippen LogP contribution is -2.30. The largest absolute Gasteiger partial charge is 0.384 e. The zero-order valence-electron chi connectivity index (χ0n) is 13.0. The van der Waals surface area contributed by atoms with Gasteiger partial charge in [-0.2, -0.15) is 0 Å². The van der Waals surface area contributed by atoms with Crippen molar-refractivity contribution < 1.29 is 9.90 Å². The second kappa shape index (κ2) is 10.0. The molecule has 0 radical (unpaired) electrons. The fourth-order valence-corrected chi connectivity index (χ4v) is 2.15. The second-order valence-electron chi connectivity index (χ2n) is 5.12. The number of aliphatic hydroxyl groups is 1. The van der Waals surface area contributed by atoms with Gasteiger partial charge in [-0.3, -0.25) is 4.79 Å². The molecule has 1 rings (SSSR count). The summed E-state index contributed by atoms with van der Waals surface area (Å²) in [4.78, 5) is 12.1. The Morgan fingerprint density at radius 3 is 2.57 bits per heavy atom. The summed E-state index contributed by atoms with van der Waals surface area (Å²) in [5, 5.41) is 11.6. The summed E-state index contributed by atoms with van der Waals surface area (Å²) in [5.41, 5.74) is 1.93. The Bertz CT molecular complexity index is 482. The fraction of sp³-hybridized carbons (Fsp3) is 0.500. The number of hydrogen-bond acceptors (Lipinski definition) is 2. The Labute approximate surface area is 127 Å². The van der Waals surface area contributed by atoms with Crippen LogP contribution in [0.4, 0.5) is 0 Å². The first-order chi connectivity index (χ1) is 10.2. The Morgan fingerprint density at radius 2 is 2.00 bits per heavy atom. The maximum absolute atomic E-state index is 12.1. The van der Waals surface area contributed by atoms with Gasteiger partial charge in [-0.15, -0.1) is 0 Å². The zero-order chi connectivity index (χ0) is 15.5. The van der Waals surface area contributed by atoms with E-state index < -0.39 is 0 Å². The van der Waals surface area contributed by atoms with Crippen molar-refractivity contribution in [2.45, 2.75) is 46.1 Å². The molecule has 0 saturated carbocycles. The monoisotopic (exact) mass is 287 g/mol. The highest BCUT2D eigenvalue weighted by atomic mass is 16.2. The zero-order valence-corrected chi connectivity index (χ0v) is 13.0. The minimum atomic E-state index is -0.131. The third-order valence-corrected chi connectivity index (χ3v) is 3.50. The van der Waals surface area contributed by atoms with Crippen LogP contribution in [0.15, 0.2) is 24.3 Å². The molecule has 3 nitrogen and oxygen atoms in total. The molecule has 0 aliphatic carbocycles. The lowest BCUT2D eigenvalue weighted by atomic mass is 9.98. The average molecular weight is 287 g/mol. The average Bonchev–Trinajstić information content (AvgIpc) is 2.52. The van der Waals surface area contributed by atoms with Gasteiger partial charge in [0.1, 0.15) is 6.61 Å². The van der Waals surface area contributed by atoms with E-state index in [1.54, 1.807) is 0 Å². The molecule has 1 aromatic carbocycles. The molecule has 1 atom stereocenters. The molecule has 1 unspecified atom stereocenters. The van der Waals surface area contributed by atoms with Crippen LogP contribution in [0, 0.1) is 17.8 Å². The number of unbranched alkanes of at least 4 members (excludes halogenated alkanes) is 1. The summed E-state index contributed by atoms with van der Waals surface area (Å²) in [7, 11) is 0. The number of aliphatic hydroxyl groups excluding tert-OH is 1. The molecule has 0 saturated heterocycles. The van der Waals surface area contributed by atoms with Gasteiger partial charge in [0.05, 0.1) is 0 Å². The van der Waals surface area contributed by atoms with Crippen molar-refractivity contribution in [1.29, 1.82) is 0 Å². The molecule has 21 heavy (non-hydrogen) atoms. The maximum Gasteiger partial charge on any atom is 0.223 e. The first-order valence-corrected chi connectivity index (χ1v) is 7.67. The van der Waals surface area contributed by atoms with Crippen LogP contribution < -0.4 is 5.32 Å². The van der Waals surface area contributed by atoms with E-state index in [-0.39, 0.29) is 18.4 Å². The van der Waals surface area contributed by atoms with Crippen molar-refractivity contribution in [1.82, 2.24) is 5.32 Å². The lowest BCUT2D eigenvalue weighted by molar-refractivity contribution is -0.125. The van der Waals surface area contributed by atoms with Gasteiger partial charge >= 0.3 is 0 Å². The van der Waals surface area contributed by atoms with Gasteiger partial charge in [-0.25, -0.2) is 0 Å². The van der Waals surface area contributed by atoms with E-state index in [4.69, 9.17) is 5.11 Å². The molecule has 0 aromatic heterocycles. The SMILES string of the molecule is CCCCC(CC)C(=O)NCc1ccc(C#CCO)cc1. The van der Waals surface area contributed by atoms with Crippen LogP contribution in [0.25, 0.3) is 0 Å². The molecule has 0 fully saturated rings. The van der Waals surface area contributed by atoms with Crippen LogP contribution in [0.2, 0.25) is 0 Å². The van der Waals surface area contributed by atoms with E-state index in [0.29, 0.717) is 6.54 Å². The van der Waals surface area contributed by atoms with Gasteiger partial charge in [0.2, 0.25) is 5.91 Å². The van der Waals surface area contributed by atoms with Crippen molar-refractivity contribution in [2.24, 2.45) is 5.92 Å². The van der Waals surface area contributed by atoms with E-state index in [0.717, 1.165) is 36.8 Å². The molecule has 2 N–H and O–H groups in total. The van der Waals surface area contributed by atoms with E-state index in [1.807, 2.05) is 24.3 Å². The van der Waals surface area contributed by atoms with Crippen molar-refractivity contribution in [3.05, 3.63) is 35.4 Å². The van der Waals surface area contributed by atoms with Gasteiger partial charge in [0.25, 0.3) is 0 Å². The minimum absolute atomic E-state index is 0.125. The third-order valence-electron chi connectivity index (χ3n) is 3.50. The predicted molar refractivity (Wildman–Crippen MR) is 85.6 cm³/mol. The summed E-state index contributed by atoms with van der Waals surface area (Å²) in [6, 6.07) is 7.71. The first-order valence-electron chi connectivity index (χ1n) is 7.67. The van der Waals surface area contributed by atoms with Crippen molar-refractivity contribution in [2.75, 3.05) is 6.61 Å². The van der Waals surface area contributed by atoms with Gasteiger partial charge < -0.3 is 10.4 Å². The lowest BCUT2D eigenvalue weighted by Gasteiger charge is -2.14. The quantitative estimate of drug-likeness (QED) is 0.758. The number of hydrogen-bond donors (Lipinski definition) is 2. The van der Waals surface area contributed by atoms with Gasteiger partial charge in [-0.05, 0) is 30.5 Å². The smallest absolute Gasteiger partial charge is 0.223 e. The molecule has 1 aromatic rings. The minimum Gasteiger partial charge on any atom is -0.384 e. The predicted octanol–water partition coefficient (Wildman–Crippen LogP) is 2.86. The molecule has 0 bridgehead atoms. The van der Waals surface area contributed by atoms with E-state index >= 15 is 0 Å². The Hall–Kier alpha value is -1.79. The molecular weight excluding hydrogens is 262 g/mol. The third kappa shape index (κ3) is 6.46. The van der Waals surface area contributed by atoms with Gasteiger partial charge in [-0.1, -0.05) is 50.7 Å². The number of amides is 1. The van der Waals surface area contributed by atoms with Crippen LogP contribution in [0.5, 0.6) is 0 Å². The molecule has 0 heterocycles. The summed E-state index contributed by atoms with van der Waals surface area (Å²) in [6.07, 6.45) is 4.08. The molecule has 1 amide bonds. The maximum atomic E-state index is 12.1. The van der Waals surface area contributed by atoms with Crippen molar-refractivity contribution >= 4 is 5.91 Å². The van der Waals surface area contributed by atoms with Gasteiger partial charge in [0, 0.05) is 18.0 Å². The van der Waals surface area contributed by atoms with Crippen LogP contribution >= 0.6 is 0 Å². The highest BCUT2D eigenvalue weighted by Gasteiger charge is 2.14. The van der Waals surface area contributed by atoms with E-state index in [1.165, 1.54) is 0 Å². The summed E-state index contributed by atoms with van der Waals surface area (Å²) < 4.78 is 0. The van der Waals surface area contributed by atoms with E-state index in [9.17, 15) is 4.79 Å². The highest BCUT2D eigenvalue weighted by molar-refractivity contribution is 5.78. The van der Waals surface area contributed by atoms with Crippen LogP contribution in [-0.2, 0) is 11.3 Å². The Balaban J connectivity index is 2.48. The number of nitrogens with one attached hydrogen (secondary N) is 1. The van der Waals surface area contributed by atoms with Crippen LogP contribution in [0.3, 0.4) is 0 Å². The molecule has 3 heteroatoms. The summed E-state index contributed by atoms with van der Waals surface area (Å²) in [6.45, 7) is 4.63. The van der Waals surface area contributed by atoms with Gasteiger partial charge in [0.15, 0.2) is 0 Å². The number of rotatable bonds is 7. The molecule has 114 valence electrons. The number of carbonyl (C=O) groups excluding carboxylic acids is 1. The Morgan fingerprint density at radius 1 is 1.29 bits per heavy atom. The topological polar surface area (TPSA) is 49.3 Å². The first kappa shape index (κ1) is 17.3. The highest BCUT2D eigenvalue weighted by Crippen LogP contribution is 2.13. The Kier molecular flexibility index (Phi) is 8.23. The van der Waals surface area contributed by atoms with Crippen LogP contribution in [-0.4, -0.2) is 17.6 Å². The molecule has 0 spiro atoms. The van der Waals surface area contributed by atoms with Crippen LogP contribution in [0.1, 0.15) is 50.7 Å². The summed E-state index contributed by atoms with van der Waals surface area (Å²) in [5.74, 6) is 5.73. The molecular formula is C18H25NO2. The number of benzene rings is 1. The standard InChI is InChI=1S/C18H25NO2/c1-3-5-8-17(4-2)18(21)19-14-16-11-9-15(10-12-16)7-6-13-20/h9-12,17,20H,3-5,8,13-14H2,1-2H3,(H,19,21). The van der Waals surface area contributed by atoms with Crippen molar-refractivity contribution in [3.8, 4) is 11.8 Å². The second-order valence-corrected chi connectivity index (χ2v) is 5.12. The number of carbonyl (C=O) groups is 1. The molecule has 0 aliphatic rings.